The van der Waals surface area contributed by atoms with Crippen molar-refractivity contribution in [2.24, 2.45) is 0 Å². The van der Waals surface area contributed by atoms with Gasteiger partial charge in [0.15, 0.2) is 0 Å². The SMILES string of the molecule is Cc1oc2c(C)cc(I)cc2c1S(=O)(=O)c1ccc(F)cc1. The third kappa shape index (κ3) is 2.44. The molecule has 0 spiro atoms. The summed E-state index contributed by atoms with van der Waals surface area (Å²) in [5, 5.41) is 0.561. The Balaban J connectivity index is 2.34. The second-order valence-corrected chi connectivity index (χ2v) is 8.18. The van der Waals surface area contributed by atoms with Crippen molar-refractivity contribution in [3.05, 3.63) is 57.1 Å². The zero-order valence-corrected chi connectivity index (χ0v) is 14.8. The number of benzene rings is 2. The molecule has 6 heteroatoms. The van der Waals surface area contributed by atoms with Gasteiger partial charge in [-0.15, -0.1) is 0 Å². The van der Waals surface area contributed by atoms with Gasteiger partial charge < -0.3 is 4.42 Å². The van der Waals surface area contributed by atoms with Crippen molar-refractivity contribution in [2.75, 3.05) is 0 Å². The largest absolute Gasteiger partial charge is 0.460 e. The Labute approximate surface area is 141 Å². The number of fused-ring (bicyclic) bond motifs is 1. The fourth-order valence-electron chi connectivity index (χ4n) is 2.49. The summed E-state index contributed by atoms with van der Waals surface area (Å²) in [5.41, 5.74) is 1.45. The fourth-order valence-corrected chi connectivity index (χ4v) is 4.86. The van der Waals surface area contributed by atoms with Gasteiger partial charge in [-0.25, -0.2) is 12.8 Å². The molecule has 0 aliphatic rings. The summed E-state index contributed by atoms with van der Waals surface area (Å²) in [4.78, 5) is 0.201. The van der Waals surface area contributed by atoms with Crippen LogP contribution in [0.5, 0.6) is 0 Å². The van der Waals surface area contributed by atoms with E-state index in [2.05, 4.69) is 22.6 Å². The third-order valence-electron chi connectivity index (χ3n) is 3.45. The first-order chi connectivity index (χ1) is 10.3. The Morgan fingerprint density at radius 2 is 1.73 bits per heavy atom. The van der Waals surface area contributed by atoms with E-state index in [1.807, 2.05) is 13.0 Å². The lowest BCUT2D eigenvalue weighted by atomic mass is 10.2. The van der Waals surface area contributed by atoms with Gasteiger partial charge in [0.05, 0.1) is 4.90 Å². The van der Waals surface area contributed by atoms with Gasteiger partial charge in [-0.2, -0.15) is 0 Å². The van der Waals surface area contributed by atoms with E-state index in [0.717, 1.165) is 21.3 Å². The van der Waals surface area contributed by atoms with Crippen LogP contribution in [-0.2, 0) is 9.84 Å². The molecule has 0 aliphatic carbocycles. The first-order valence-electron chi connectivity index (χ1n) is 6.50. The van der Waals surface area contributed by atoms with Gasteiger partial charge in [-0.1, -0.05) is 0 Å². The Morgan fingerprint density at radius 1 is 1.09 bits per heavy atom. The molecule has 0 saturated carbocycles. The monoisotopic (exact) mass is 430 g/mol. The first kappa shape index (κ1) is 15.5. The van der Waals surface area contributed by atoms with Gasteiger partial charge in [0.1, 0.15) is 22.1 Å². The van der Waals surface area contributed by atoms with E-state index in [0.29, 0.717) is 16.7 Å². The van der Waals surface area contributed by atoms with Crippen LogP contribution in [0.3, 0.4) is 0 Å². The highest BCUT2D eigenvalue weighted by molar-refractivity contribution is 14.1. The molecule has 3 rings (SSSR count). The minimum absolute atomic E-state index is 0.0521. The van der Waals surface area contributed by atoms with E-state index in [1.165, 1.54) is 12.1 Å². The van der Waals surface area contributed by atoms with Crippen molar-refractivity contribution in [2.45, 2.75) is 23.6 Å². The summed E-state index contributed by atoms with van der Waals surface area (Å²) in [7, 11) is -3.77. The lowest BCUT2D eigenvalue weighted by Crippen LogP contribution is -2.03. The fraction of sp³-hybridized carbons (Fsp3) is 0.125. The van der Waals surface area contributed by atoms with Crippen molar-refractivity contribution in [1.29, 1.82) is 0 Å². The maximum absolute atomic E-state index is 13.0. The highest BCUT2D eigenvalue weighted by Crippen LogP contribution is 2.36. The Hall–Kier alpha value is -1.41. The highest BCUT2D eigenvalue weighted by Gasteiger charge is 2.27. The molecule has 0 amide bonds. The average Bonchev–Trinajstić information content (AvgIpc) is 2.76. The third-order valence-corrected chi connectivity index (χ3v) is 6.01. The van der Waals surface area contributed by atoms with Gasteiger partial charge in [0.25, 0.3) is 0 Å². The molecule has 0 bridgehead atoms. The number of rotatable bonds is 2. The Morgan fingerprint density at radius 3 is 2.36 bits per heavy atom. The van der Waals surface area contributed by atoms with Gasteiger partial charge >= 0.3 is 0 Å². The van der Waals surface area contributed by atoms with Crippen molar-refractivity contribution >= 4 is 43.4 Å². The molecule has 3 aromatic rings. The number of sulfone groups is 1. The van der Waals surface area contributed by atoms with Crippen molar-refractivity contribution in [1.82, 2.24) is 0 Å². The summed E-state index contributed by atoms with van der Waals surface area (Å²) < 4.78 is 45.4. The summed E-state index contributed by atoms with van der Waals surface area (Å²) in [5.74, 6) is -0.137. The minimum Gasteiger partial charge on any atom is -0.460 e. The molecule has 3 nitrogen and oxygen atoms in total. The topological polar surface area (TPSA) is 47.3 Å². The van der Waals surface area contributed by atoms with Gasteiger partial charge in [0, 0.05) is 8.96 Å². The molecule has 0 aliphatic heterocycles. The van der Waals surface area contributed by atoms with Crippen LogP contribution in [0.25, 0.3) is 11.0 Å². The Kier molecular flexibility index (Phi) is 3.76. The zero-order valence-electron chi connectivity index (χ0n) is 11.9. The van der Waals surface area contributed by atoms with Crippen LogP contribution >= 0.6 is 22.6 Å². The van der Waals surface area contributed by atoms with E-state index in [1.54, 1.807) is 13.0 Å². The van der Waals surface area contributed by atoms with Crippen LogP contribution in [-0.4, -0.2) is 8.42 Å². The molecule has 114 valence electrons. The van der Waals surface area contributed by atoms with Crippen LogP contribution in [0.2, 0.25) is 0 Å². The number of hydrogen-bond acceptors (Lipinski definition) is 3. The number of halogens is 2. The van der Waals surface area contributed by atoms with Crippen molar-refractivity contribution < 1.29 is 17.2 Å². The number of aryl methyl sites for hydroxylation is 2. The molecule has 1 aromatic heterocycles. The van der Waals surface area contributed by atoms with Crippen LogP contribution in [0, 0.1) is 23.2 Å². The maximum Gasteiger partial charge on any atom is 0.210 e. The molecule has 0 atom stereocenters. The number of furan rings is 1. The molecular weight excluding hydrogens is 418 g/mol. The predicted octanol–water partition coefficient (Wildman–Crippen LogP) is 4.63. The summed E-state index contributed by atoms with van der Waals surface area (Å²) in [6.45, 7) is 3.50. The van der Waals surface area contributed by atoms with Crippen molar-refractivity contribution in [3.63, 3.8) is 0 Å². The molecule has 2 aromatic carbocycles. The molecule has 22 heavy (non-hydrogen) atoms. The maximum atomic E-state index is 13.0. The van der Waals surface area contributed by atoms with E-state index >= 15 is 0 Å². The van der Waals surface area contributed by atoms with E-state index in [4.69, 9.17) is 4.42 Å². The van der Waals surface area contributed by atoms with E-state index in [-0.39, 0.29) is 9.79 Å². The van der Waals surface area contributed by atoms with Crippen LogP contribution in [0.15, 0.2) is 50.6 Å². The standard InChI is InChI=1S/C16H12FIO3S/c1-9-7-12(18)8-14-15(9)21-10(2)16(14)22(19,20)13-5-3-11(17)4-6-13/h3-8H,1-2H3. The van der Waals surface area contributed by atoms with Crippen LogP contribution in [0.4, 0.5) is 4.39 Å². The molecule has 1 heterocycles. The molecular formula is C16H12FIO3S. The molecule has 0 saturated heterocycles. The predicted molar refractivity (Wildman–Crippen MR) is 90.3 cm³/mol. The second-order valence-electron chi connectivity index (χ2n) is 5.04. The quantitative estimate of drug-likeness (QED) is 0.440. The van der Waals surface area contributed by atoms with Gasteiger partial charge in [0.2, 0.25) is 9.84 Å². The highest BCUT2D eigenvalue weighted by atomic mass is 127. The smallest absolute Gasteiger partial charge is 0.210 e. The van der Waals surface area contributed by atoms with Gasteiger partial charge in [-0.3, -0.25) is 0 Å². The molecule has 0 unspecified atom stereocenters. The Bertz CT molecular complexity index is 973. The first-order valence-corrected chi connectivity index (χ1v) is 9.07. The summed E-state index contributed by atoms with van der Waals surface area (Å²) >= 11 is 2.14. The zero-order chi connectivity index (χ0) is 16.1. The van der Waals surface area contributed by atoms with Crippen molar-refractivity contribution in [3.8, 4) is 0 Å². The second kappa shape index (κ2) is 5.34. The van der Waals surface area contributed by atoms with Crippen LogP contribution in [0.1, 0.15) is 11.3 Å². The lowest BCUT2D eigenvalue weighted by molar-refractivity contribution is 0.556. The normalized spacial score (nSPS) is 12.0. The average molecular weight is 430 g/mol. The summed E-state index contributed by atoms with van der Waals surface area (Å²) in [6, 6.07) is 8.53. The molecule has 0 radical (unpaired) electrons. The number of hydrogen-bond donors (Lipinski definition) is 0. The van der Waals surface area contributed by atoms with Gasteiger partial charge in [-0.05, 0) is 78.4 Å². The molecule has 0 N–H and O–H groups in total. The lowest BCUT2D eigenvalue weighted by Gasteiger charge is -2.04. The minimum atomic E-state index is -3.77. The molecule has 0 fully saturated rings. The summed E-state index contributed by atoms with van der Waals surface area (Å²) in [6.07, 6.45) is 0. The van der Waals surface area contributed by atoms with E-state index in [9.17, 15) is 12.8 Å². The van der Waals surface area contributed by atoms with E-state index < -0.39 is 15.7 Å². The van der Waals surface area contributed by atoms with Crippen LogP contribution < -0.4 is 0 Å².